The Morgan fingerprint density at radius 1 is 1.00 bits per heavy atom. The smallest absolute Gasteiger partial charge is 0.00721 e. The first-order valence-electron chi connectivity index (χ1n) is 5.10. The normalized spacial score (nSPS) is 39.0. The van der Waals surface area contributed by atoms with Crippen LogP contribution in [0.5, 0.6) is 0 Å². The van der Waals surface area contributed by atoms with Gasteiger partial charge in [0.25, 0.3) is 0 Å². The number of rotatable bonds is 2. The van der Waals surface area contributed by atoms with Gasteiger partial charge in [0.2, 0.25) is 0 Å². The van der Waals surface area contributed by atoms with E-state index in [1.807, 2.05) is 0 Å². The summed E-state index contributed by atoms with van der Waals surface area (Å²) in [7, 11) is 0. The molecule has 0 saturated heterocycles. The van der Waals surface area contributed by atoms with Crippen LogP contribution in [0.3, 0.4) is 0 Å². The van der Waals surface area contributed by atoms with Crippen molar-refractivity contribution in [3.8, 4) is 0 Å². The van der Waals surface area contributed by atoms with Crippen molar-refractivity contribution in [1.82, 2.24) is 5.32 Å². The molecule has 1 nitrogen and oxygen atoms in total. The largest absolute Gasteiger partial charge is 0.311 e. The highest BCUT2D eigenvalue weighted by atomic mass is 15.0. The van der Waals surface area contributed by atoms with Crippen LogP contribution < -0.4 is 5.32 Å². The Labute approximate surface area is 69.6 Å². The van der Waals surface area contributed by atoms with E-state index < -0.39 is 0 Å². The van der Waals surface area contributed by atoms with Crippen molar-refractivity contribution in [2.75, 3.05) is 0 Å². The molecule has 2 rings (SSSR count). The average Bonchev–Trinajstić information content (AvgIpc) is 2.71. The van der Waals surface area contributed by atoms with Gasteiger partial charge < -0.3 is 5.32 Å². The molecule has 11 heavy (non-hydrogen) atoms. The monoisotopic (exact) mass is 153 g/mol. The maximum Gasteiger partial charge on any atom is 0.00721 e. The number of hydrogen-bond donors (Lipinski definition) is 1. The van der Waals surface area contributed by atoms with Gasteiger partial charge in [-0.25, -0.2) is 0 Å². The van der Waals surface area contributed by atoms with Crippen LogP contribution in [-0.4, -0.2) is 12.1 Å². The molecule has 0 amide bonds. The van der Waals surface area contributed by atoms with E-state index in [2.05, 4.69) is 12.2 Å². The highest BCUT2D eigenvalue weighted by Crippen LogP contribution is 2.27. The third-order valence-corrected chi connectivity index (χ3v) is 2.99. The zero-order valence-corrected chi connectivity index (χ0v) is 7.47. The lowest BCUT2D eigenvalue weighted by atomic mass is 9.87. The fourth-order valence-electron chi connectivity index (χ4n) is 2.17. The minimum absolute atomic E-state index is 0.867. The first-order chi connectivity index (χ1) is 5.34. The topological polar surface area (TPSA) is 12.0 Å². The molecule has 1 N–H and O–H groups in total. The molecule has 0 unspecified atom stereocenters. The molecule has 64 valence electrons. The molecule has 0 aromatic rings. The molecule has 0 aromatic heterocycles. The van der Waals surface area contributed by atoms with Gasteiger partial charge in [-0.1, -0.05) is 19.8 Å². The minimum Gasteiger partial charge on any atom is -0.311 e. The van der Waals surface area contributed by atoms with Crippen LogP contribution >= 0.6 is 0 Å². The van der Waals surface area contributed by atoms with Gasteiger partial charge in [-0.3, -0.25) is 0 Å². The molecule has 2 atom stereocenters. The van der Waals surface area contributed by atoms with Crippen molar-refractivity contribution >= 4 is 0 Å². The third kappa shape index (κ3) is 2.19. The van der Waals surface area contributed by atoms with Gasteiger partial charge in [0.15, 0.2) is 0 Å². The van der Waals surface area contributed by atoms with Crippen LogP contribution in [0.15, 0.2) is 0 Å². The standard InChI is InChI=1S/C10H19N/c1-8-3-2-4-10(7-8)11-9-5-6-9/h8-11H,2-7H2,1H3/t8-,10-/m1/s1. The van der Waals surface area contributed by atoms with Crippen LogP contribution in [0, 0.1) is 5.92 Å². The second-order valence-corrected chi connectivity index (χ2v) is 4.41. The van der Waals surface area contributed by atoms with Gasteiger partial charge in [0, 0.05) is 12.1 Å². The Kier molecular flexibility index (Phi) is 2.17. The van der Waals surface area contributed by atoms with Crippen molar-refractivity contribution < 1.29 is 0 Å². The zero-order valence-electron chi connectivity index (χ0n) is 7.47. The lowest BCUT2D eigenvalue weighted by molar-refractivity contribution is 0.300. The second-order valence-electron chi connectivity index (χ2n) is 4.41. The van der Waals surface area contributed by atoms with Crippen LogP contribution in [0.1, 0.15) is 45.4 Å². The molecule has 0 bridgehead atoms. The highest BCUT2D eigenvalue weighted by molar-refractivity contribution is 4.86. The number of nitrogens with one attached hydrogen (secondary N) is 1. The lowest BCUT2D eigenvalue weighted by Crippen LogP contribution is -2.34. The summed E-state index contributed by atoms with van der Waals surface area (Å²) in [6, 6.07) is 1.77. The van der Waals surface area contributed by atoms with Gasteiger partial charge in [-0.05, 0) is 31.6 Å². The van der Waals surface area contributed by atoms with Crippen LogP contribution in [0.25, 0.3) is 0 Å². The van der Waals surface area contributed by atoms with Crippen LogP contribution in [-0.2, 0) is 0 Å². The quantitative estimate of drug-likeness (QED) is 0.642. The van der Waals surface area contributed by atoms with E-state index in [1.54, 1.807) is 0 Å². The molecule has 0 aromatic carbocycles. The number of hydrogen-bond acceptors (Lipinski definition) is 1. The van der Waals surface area contributed by atoms with Gasteiger partial charge in [-0.15, -0.1) is 0 Å². The van der Waals surface area contributed by atoms with Crippen molar-refractivity contribution in [2.24, 2.45) is 5.92 Å². The van der Waals surface area contributed by atoms with Crippen molar-refractivity contribution in [3.05, 3.63) is 0 Å². The fourth-order valence-corrected chi connectivity index (χ4v) is 2.17. The van der Waals surface area contributed by atoms with E-state index in [0.29, 0.717) is 0 Å². The van der Waals surface area contributed by atoms with Crippen molar-refractivity contribution in [2.45, 2.75) is 57.5 Å². The first kappa shape index (κ1) is 7.60. The Balaban J connectivity index is 1.73. The van der Waals surface area contributed by atoms with Crippen molar-refractivity contribution in [1.29, 1.82) is 0 Å². The lowest BCUT2D eigenvalue weighted by Gasteiger charge is -2.27. The summed E-state index contributed by atoms with van der Waals surface area (Å²) in [6.45, 7) is 2.39. The molecule has 0 heterocycles. The minimum atomic E-state index is 0.867. The Morgan fingerprint density at radius 2 is 1.82 bits per heavy atom. The molecule has 2 saturated carbocycles. The highest BCUT2D eigenvalue weighted by Gasteiger charge is 2.26. The summed E-state index contributed by atoms with van der Waals surface area (Å²) in [5, 5.41) is 3.72. The summed E-state index contributed by atoms with van der Waals surface area (Å²) >= 11 is 0. The Bertz CT molecular complexity index is 127. The van der Waals surface area contributed by atoms with Gasteiger partial charge in [-0.2, -0.15) is 0 Å². The first-order valence-corrected chi connectivity index (χ1v) is 5.10. The predicted octanol–water partition coefficient (Wildman–Crippen LogP) is 2.32. The van der Waals surface area contributed by atoms with Crippen LogP contribution in [0.4, 0.5) is 0 Å². The summed E-state index contributed by atoms with van der Waals surface area (Å²) in [6.07, 6.45) is 8.64. The molecular weight excluding hydrogens is 134 g/mol. The van der Waals surface area contributed by atoms with E-state index in [4.69, 9.17) is 0 Å². The molecule has 2 aliphatic carbocycles. The van der Waals surface area contributed by atoms with Crippen LogP contribution in [0.2, 0.25) is 0 Å². The molecule has 2 aliphatic rings. The van der Waals surface area contributed by atoms with Gasteiger partial charge in [0.1, 0.15) is 0 Å². The summed E-state index contributed by atoms with van der Waals surface area (Å²) in [5.74, 6) is 0.972. The fraction of sp³-hybridized carbons (Fsp3) is 1.00. The predicted molar refractivity (Wildman–Crippen MR) is 47.6 cm³/mol. The molecule has 0 aliphatic heterocycles. The maximum atomic E-state index is 3.72. The SMILES string of the molecule is C[C@@H]1CCC[C@@H](NC2CC2)C1. The summed E-state index contributed by atoms with van der Waals surface area (Å²) in [5.41, 5.74) is 0. The van der Waals surface area contributed by atoms with Gasteiger partial charge >= 0.3 is 0 Å². The van der Waals surface area contributed by atoms with E-state index in [-0.39, 0.29) is 0 Å². The Morgan fingerprint density at radius 3 is 2.45 bits per heavy atom. The maximum absolute atomic E-state index is 3.72. The Hall–Kier alpha value is -0.0400. The van der Waals surface area contributed by atoms with E-state index in [1.165, 1.54) is 38.5 Å². The average molecular weight is 153 g/mol. The molecule has 1 heteroatoms. The van der Waals surface area contributed by atoms with E-state index >= 15 is 0 Å². The third-order valence-electron chi connectivity index (χ3n) is 2.99. The molecule has 0 spiro atoms. The van der Waals surface area contributed by atoms with E-state index in [0.717, 1.165) is 18.0 Å². The summed E-state index contributed by atoms with van der Waals surface area (Å²) < 4.78 is 0. The summed E-state index contributed by atoms with van der Waals surface area (Å²) in [4.78, 5) is 0. The zero-order chi connectivity index (χ0) is 7.68. The molecular formula is C10H19N. The second kappa shape index (κ2) is 3.14. The van der Waals surface area contributed by atoms with Gasteiger partial charge in [0.05, 0.1) is 0 Å². The van der Waals surface area contributed by atoms with Crippen molar-refractivity contribution in [3.63, 3.8) is 0 Å². The molecule has 0 radical (unpaired) electrons. The van der Waals surface area contributed by atoms with E-state index in [9.17, 15) is 0 Å². The molecule has 2 fully saturated rings.